The Kier molecular flexibility index (Phi) is 10.9. The first kappa shape index (κ1) is 25.1. The van der Waals surface area contributed by atoms with Gasteiger partial charge in [-0.05, 0) is 60.3 Å². The van der Waals surface area contributed by atoms with Crippen LogP contribution in [0.5, 0.6) is 5.75 Å². The van der Waals surface area contributed by atoms with Gasteiger partial charge in [0.2, 0.25) is 0 Å². The highest BCUT2D eigenvalue weighted by Crippen LogP contribution is 2.39. The molecule has 29 heavy (non-hydrogen) atoms. The van der Waals surface area contributed by atoms with Crippen LogP contribution in [0.3, 0.4) is 0 Å². The molecular weight excluding hydrogens is 360 g/mol. The Labute approximate surface area is 179 Å². The fraction of sp³-hybridized carbons (Fsp3) is 0.615. The number of ether oxygens (including phenoxy) is 3. The molecule has 0 saturated heterocycles. The summed E-state index contributed by atoms with van der Waals surface area (Å²) in [7, 11) is 5.14. The van der Waals surface area contributed by atoms with E-state index >= 15 is 0 Å². The first-order chi connectivity index (χ1) is 13.8. The molecule has 0 aliphatic heterocycles. The minimum atomic E-state index is 0.391. The first-order valence-corrected chi connectivity index (χ1v) is 11.0. The van der Waals surface area contributed by atoms with Crippen molar-refractivity contribution in [3.8, 4) is 5.75 Å². The van der Waals surface area contributed by atoms with Gasteiger partial charge in [-0.1, -0.05) is 58.8 Å². The van der Waals surface area contributed by atoms with Crippen LogP contribution in [0.25, 0.3) is 0 Å². The molecule has 1 aromatic carbocycles. The maximum atomic E-state index is 5.59. The lowest BCUT2D eigenvalue weighted by atomic mass is 9.76. The van der Waals surface area contributed by atoms with E-state index in [0.717, 1.165) is 37.2 Å². The van der Waals surface area contributed by atoms with Crippen molar-refractivity contribution in [3.63, 3.8) is 0 Å². The Morgan fingerprint density at radius 3 is 2.28 bits per heavy atom. The largest absolute Gasteiger partial charge is 0.501 e. The minimum absolute atomic E-state index is 0.391. The molecule has 0 spiro atoms. The molecule has 3 heteroatoms. The van der Waals surface area contributed by atoms with Gasteiger partial charge in [-0.2, -0.15) is 0 Å². The summed E-state index contributed by atoms with van der Waals surface area (Å²) < 4.78 is 16.3. The zero-order chi connectivity index (χ0) is 22.0. The van der Waals surface area contributed by atoms with Crippen LogP contribution in [0.15, 0.2) is 35.8 Å². The fourth-order valence-electron chi connectivity index (χ4n) is 4.24. The van der Waals surface area contributed by atoms with Crippen molar-refractivity contribution < 1.29 is 14.2 Å². The quantitative estimate of drug-likeness (QED) is 0.273. The molecule has 1 rings (SSSR count). The van der Waals surface area contributed by atoms with Gasteiger partial charge in [-0.25, -0.2) is 0 Å². The molecule has 0 aliphatic carbocycles. The van der Waals surface area contributed by atoms with E-state index in [2.05, 4.69) is 59.8 Å². The summed E-state index contributed by atoms with van der Waals surface area (Å²) in [6.07, 6.45) is 8.21. The molecule has 3 unspecified atom stereocenters. The van der Waals surface area contributed by atoms with Crippen molar-refractivity contribution in [2.75, 3.05) is 21.3 Å². The summed E-state index contributed by atoms with van der Waals surface area (Å²) in [6, 6.07) is 4.58. The van der Waals surface area contributed by atoms with Crippen molar-refractivity contribution in [3.05, 3.63) is 52.5 Å². The van der Waals surface area contributed by atoms with Crippen LogP contribution in [0, 0.1) is 18.8 Å². The molecule has 0 heterocycles. The Balaban J connectivity index is 3.24. The summed E-state index contributed by atoms with van der Waals surface area (Å²) in [5, 5.41) is 0. The molecule has 0 saturated carbocycles. The molecule has 3 atom stereocenters. The van der Waals surface area contributed by atoms with Crippen molar-refractivity contribution >= 4 is 0 Å². The van der Waals surface area contributed by atoms with Crippen LogP contribution < -0.4 is 4.74 Å². The number of hydrogen-bond donors (Lipinski definition) is 0. The van der Waals surface area contributed by atoms with Gasteiger partial charge in [-0.15, -0.1) is 0 Å². The highest BCUT2D eigenvalue weighted by Gasteiger charge is 2.25. The molecule has 0 bridgehead atoms. The Bertz CT molecular complexity index is 687. The third-order valence-electron chi connectivity index (χ3n) is 5.97. The van der Waals surface area contributed by atoms with E-state index < -0.39 is 0 Å². The molecule has 0 aliphatic rings. The van der Waals surface area contributed by atoms with E-state index in [9.17, 15) is 0 Å². The molecular formula is C26H42O3. The number of allylic oxidation sites excluding steroid dienone is 3. The first-order valence-electron chi connectivity index (χ1n) is 11.0. The molecule has 0 aromatic heterocycles. The van der Waals surface area contributed by atoms with Gasteiger partial charge < -0.3 is 14.2 Å². The molecule has 0 radical (unpaired) electrons. The average Bonchev–Trinajstić information content (AvgIpc) is 2.71. The second kappa shape index (κ2) is 12.6. The third-order valence-corrected chi connectivity index (χ3v) is 5.97. The SMILES string of the molecule is CCC=C(C(C)CC(=COC)OC)C(C)C(C)c1cc(C)c(OC)cc1CCC. The van der Waals surface area contributed by atoms with E-state index in [4.69, 9.17) is 14.2 Å². The number of benzene rings is 1. The van der Waals surface area contributed by atoms with Gasteiger partial charge in [0.15, 0.2) is 0 Å². The topological polar surface area (TPSA) is 27.7 Å². The van der Waals surface area contributed by atoms with Crippen LogP contribution in [-0.4, -0.2) is 21.3 Å². The highest BCUT2D eigenvalue weighted by molar-refractivity contribution is 5.44. The third kappa shape index (κ3) is 6.83. The smallest absolute Gasteiger partial charge is 0.130 e. The van der Waals surface area contributed by atoms with Gasteiger partial charge in [0, 0.05) is 6.42 Å². The molecule has 164 valence electrons. The zero-order valence-electron chi connectivity index (χ0n) is 20.1. The lowest BCUT2D eigenvalue weighted by molar-refractivity contribution is 0.229. The maximum absolute atomic E-state index is 5.59. The van der Waals surface area contributed by atoms with Gasteiger partial charge in [0.25, 0.3) is 0 Å². The van der Waals surface area contributed by atoms with E-state index in [0.29, 0.717) is 17.8 Å². The van der Waals surface area contributed by atoms with Crippen molar-refractivity contribution in [1.82, 2.24) is 0 Å². The predicted molar refractivity (Wildman–Crippen MR) is 124 cm³/mol. The molecule has 3 nitrogen and oxygen atoms in total. The van der Waals surface area contributed by atoms with Gasteiger partial charge in [0.1, 0.15) is 17.8 Å². The van der Waals surface area contributed by atoms with Gasteiger partial charge in [-0.3, -0.25) is 0 Å². The predicted octanol–water partition coefficient (Wildman–Crippen LogP) is 7.19. The van der Waals surface area contributed by atoms with Crippen LogP contribution >= 0.6 is 0 Å². The number of hydrogen-bond acceptors (Lipinski definition) is 3. The lowest BCUT2D eigenvalue weighted by Gasteiger charge is -2.30. The summed E-state index contributed by atoms with van der Waals surface area (Å²) in [5.41, 5.74) is 5.57. The van der Waals surface area contributed by atoms with Crippen LogP contribution in [-0.2, 0) is 15.9 Å². The van der Waals surface area contributed by atoms with Crippen molar-refractivity contribution in [1.29, 1.82) is 0 Å². The van der Waals surface area contributed by atoms with E-state index in [1.165, 1.54) is 22.3 Å². The van der Waals surface area contributed by atoms with Crippen LogP contribution in [0.2, 0.25) is 0 Å². The summed E-state index contributed by atoms with van der Waals surface area (Å²) >= 11 is 0. The van der Waals surface area contributed by atoms with E-state index in [1.807, 2.05) is 0 Å². The summed E-state index contributed by atoms with van der Waals surface area (Å²) in [5.74, 6) is 3.13. The Hall–Kier alpha value is -1.90. The summed E-state index contributed by atoms with van der Waals surface area (Å²) in [6.45, 7) is 13.6. The van der Waals surface area contributed by atoms with E-state index in [1.54, 1.807) is 27.6 Å². The van der Waals surface area contributed by atoms with Crippen LogP contribution in [0.4, 0.5) is 0 Å². The van der Waals surface area contributed by atoms with Gasteiger partial charge >= 0.3 is 0 Å². The second-order valence-electron chi connectivity index (χ2n) is 8.09. The molecule has 0 fully saturated rings. The number of aryl methyl sites for hydroxylation is 2. The minimum Gasteiger partial charge on any atom is -0.501 e. The lowest BCUT2D eigenvalue weighted by Crippen LogP contribution is -2.17. The van der Waals surface area contributed by atoms with Crippen molar-refractivity contribution in [2.24, 2.45) is 11.8 Å². The van der Waals surface area contributed by atoms with Crippen LogP contribution in [0.1, 0.15) is 76.5 Å². The highest BCUT2D eigenvalue weighted by atomic mass is 16.5. The van der Waals surface area contributed by atoms with E-state index in [-0.39, 0.29) is 0 Å². The zero-order valence-corrected chi connectivity index (χ0v) is 20.1. The fourth-order valence-corrected chi connectivity index (χ4v) is 4.24. The Morgan fingerprint density at radius 2 is 1.76 bits per heavy atom. The number of methoxy groups -OCH3 is 3. The number of rotatable bonds is 12. The monoisotopic (exact) mass is 402 g/mol. The average molecular weight is 403 g/mol. The Morgan fingerprint density at radius 1 is 1.07 bits per heavy atom. The molecule has 0 amide bonds. The van der Waals surface area contributed by atoms with Crippen molar-refractivity contribution in [2.45, 2.75) is 73.1 Å². The normalized spacial score (nSPS) is 15.6. The van der Waals surface area contributed by atoms with Gasteiger partial charge in [0.05, 0.1) is 21.3 Å². The maximum Gasteiger partial charge on any atom is 0.130 e. The standard InChI is InChI=1S/C26H42O3/c1-10-12-22-16-26(29-9)19(4)15-25(22)21(6)20(5)24(13-11-2)18(3)14-23(28-8)17-27-7/h13,15-18,20-21H,10-12,14H2,1-9H3. The molecule has 0 N–H and O–H groups in total. The second-order valence-corrected chi connectivity index (χ2v) is 8.09. The summed E-state index contributed by atoms with van der Waals surface area (Å²) in [4.78, 5) is 0. The molecule has 1 aromatic rings.